The van der Waals surface area contributed by atoms with Crippen LogP contribution in [0.25, 0.3) is 0 Å². The maximum atomic E-state index is 13.6. The third kappa shape index (κ3) is 8.51. The Labute approximate surface area is 238 Å². The van der Waals surface area contributed by atoms with E-state index in [9.17, 15) is 27.5 Å². The molecule has 0 aliphatic heterocycles. The largest absolute Gasteiger partial charge is 0.480 e. The van der Waals surface area contributed by atoms with Gasteiger partial charge in [0.05, 0.1) is 16.8 Å². The molecule has 1 amide bonds. The molecule has 0 saturated heterocycles. The first kappa shape index (κ1) is 31.1. The number of carbonyl (C=O) groups excluding carboxylic acids is 1. The number of carboxylic acids is 1. The molecule has 0 bridgehead atoms. The molecular weight excluding hydrogens is 555 g/mol. The highest BCUT2D eigenvalue weighted by Gasteiger charge is 2.23. The molecule has 0 saturated carbocycles. The molecule has 14 heteroatoms. The highest BCUT2D eigenvalue weighted by molar-refractivity contribution is 7.91. The summed E-state index contributed by atoms with van der Waals surface area (Å²) < 4.78 is 44.4. The Morgan fingerprint density at radius 2 is 1.78 bits per heavy atom. The molecule has 1 unspecified atom stereocenters. The van der Waals surface area contributed by atoms with Crippen LogP contribution >= 0.6 is 0 Å². The van der Waals surface area contributed by atoms with Crippen LogP contribution in [-0.4, -0.2) is 79.6 Å². The summed E-state index contributed by atoms with van der Waals surface area (Å²) in [4.78, 5) is 35.7. The van der Waals surface area contributed by atoms with Crippen molar-refractivity contribution < 1.29 is 32.2 Å². The van der Waals surface area contributed by atoms with E-state index in [2.05, 4.69) is 20.6 Å². The molecule has 12 nitrogen and oxygen atoms in total. The summed E-state index contributed by atoms with van der Waals surface area (Å²) in [5.41, 5.74) is 0.786. The lowest BCUT2D eigenvalue weighted by Crippen LogP contribution is -2.33. The lowest BCUT2D eigenvalue weighted by Gasteiger charge is -2.22. The average Bonchev–Trinajstić information content (AvgIpc) is 2.93. The number of carboxylic acid groups (broad SMARTS) is 1. The van der Waals surface area contributed by atoms with Crippen LogP contribution in [0.15, 0.2) is 59.6 Å². The lowest BCUT2D eigenvalue weighted by atomic mass is 10.1. The predicted octanol–water partition coefficient (Wildman–Crippen LogP) is 3.47. The molecule has 0 aliphatic rings. The van der Waals surface area contributed by atoms with Crippen molar-refractivity contribution in [3.63, 3.8) is 0 Å². The molecule has 3 aromatic rings. The van der Waals surface area contributed by atoms with E-state index in [1.165, 1.54) is 23.2 Å². The minimum Gasteiger partial charge on any atom is -0.480 e. The zero-order valence-corrected chi connectivity index (χ0v) is 24.0. The van der Waals surface area contributed by atoms with Gasteiger partial charge in [-0.25, -0.2) is 27.4 Å². The summed E-state index contributed by atoms with van der Waals surface area (Å²) in [5.74, 6) is -1.75. The molecule has 0 aliphatic carbocycles. The van der Waals surface area contributed by atoms with Crippen LogP contribution in [0.2, 0.25) is 0 Å². The Morgan fingerprint density at radius 3 is 2.37 bits per heavy atom. The summed E-state index contributed by atoms with van der Waals surface area (Å²) in [7, 11) is -0.837. The molecule has 2 aromatic carbocycles. The third-order valence-corrected chi connectivity index (χ3v) is 7.47. The number of carbonyl (C=O) groups is 2. The Morgan fingerprint density at radius 1 is 1.10 bits per heavy atom. The van der Waals surface area contributed by atoms with Crippen molar-refractivity contribution in [1.29, 1.82) is 0 Å². The summed E-state index contributed by atoms with van der Waals surface area (Å²) in [6.07, 6.45) is 0.856. The number of hydrogen-bond acceptors (Lipinski definition) is 10. The van der Waals surface area contributed by atoms with Crippen LogP contribution in [0, 0.1) is 5.82 Å². The van der Waals surface area contributed by atoms with Crippen molar-refractivity contribution in [2.45, 2.75) is 31.2 Å². The number of halogens is 1. The van der Waals surface area contributed by atoms with Gasteiger partial charge in [0.1, 0.15) is 23.5 Å². The van der Waals surface area contributed by atoms with E-state index < -0.39 is 39.6 Å². The molecule has 1 heterocycles. The minimum atomic E-state index is -3.95. The highest BCUT2D eigenvalue weighted by atomic mass is 32.2. The Kier molecular flexibility index (Phi) is 10.4. The summed E-state index contributed by atoms with van der Waals surface area (Å²) in [6, 6.07) is 9.88. The fourth-order valence-electron chi connectivity index (χ4n) is 3.67. The molecular formula is C27H33FN6O6S. The number of nitrogens with zero attached hydrogens (tertiary/aromatic N) is 4. The zero-order chi connectivity index (χ0) is 30.2. The van der Waals surface area contributed by atoms with E-state index in [-0.39, 0.29) is 22.8 Å². The summed E-state index contributed by atoms with van der Waals surface area (Å²) in [5, 5.41) is 15.6. The molecule has 3 rings (SSSR count). The number of ether oxygens (including phenoxy) is 1. The third-order valence-electron chi connectivity index (χ3n) is 5.97. The molecule has 0 spiro atoms. The van der Waals surface area contributed by atoms with Crippen LogP contribution in [0.5, 0.6) is 5.75 Å². The van der Waals surface area contributed by atoms with Gasteiger partial charge in [-0.05, 0) is 49.7 Å². The van der Waals surface area contributed by atoms with Crippen LogP contribution in [0.1, 0.15) is 19.4 Å². The van der Waals surface area contributed by atoms with Gasteiger partial charge >= 0.3 is 12.1 Å². The van der Waals surface area contributed by atoms with Gasteiger partial charge in [0.15, 0.2) is 15.7 Å². The highest BCUT2D eigenvalue weighted by Crippen LogP contribution is 2.25. The van der Waals surface area contributed by atoms with Gasteiger partial charge in [0.2, 0.25) is 5.95 Å². The molecule has 3 N–H and O–H groups in total. The quantitative estimate of drug-likeness (QED) is 0.269. The van der Waals surface area contributed by atoms with Crippen LogP contribution < -0.4 is 20.3 Å². The van der Waals surface area contributed by atoms with Gasteiger partial charge in [-0.15, -0.1) is 0 Å². The first-order chi connectivity index (χ1) is 19.4. The number of hydrogen-bond donors (Lipinski definition) is 3. The fourth-order valence-corrected chi connectivity index (χ4v) is 4.76. The Balaban J connectivity index is 1.86. The number of amides is 1. The van der Waals surface area contributed by atoms with Gasteiger partial charge in [-0.1, -0.05) is 18.2 Å². The number of benzene rings is 2. The second-order valence-electron chi connectivity index (χ2n) is 9.14. The first-order valence-corrected chi connectivity index (χ1v) is 14.4. The van der Waals surface area contributed by atoms with E-state index in [1.54, 1.807) is 38.4 Å². The van der Waals surface area contributed by atoms with E-state index in [0.717, 1.165) is 12.1 Å². The number of rotatable bonds is 13. The Bertz CT molecular complexity index is 1470. The SMILES string of the molecule is CCN(CC)c1ncc(NCS(=O)(=O)c2cccc(F)c2)c(NC(Cc2ccc(OC(=O)N(C)C)cc2)C(=O)O)n1. The molecule has 41 heavy (non-hydrogen) atoms. The summed E-state index contributed by atoms with van der Waals surface area (Å²) in [6.45, 7) is 5.00. The zero-order valence-electron chi connectivity index (χ0n) is 23.2. The van der Waals surface area contributed by atoms with Crippen molar-refractivity contribution in [1.82, 2.24) is 14.9 Å². The minimum absolute atomic E-state index is 0.0306. The molecule has 0 radical (unpaired) electrons. The van der Waals surface area contributed by atoms with Crippen LogP contribution in [-0.2, 0) is 21.1 Å². The number of nitrogens with one attached hydrogen (secondary N) is 2. The van der Waals surface area contributed by atoms with Gasteiger partial charge in [0, 0.05) is 33.6 Å². The molecule has 220 valence electrons. The standard InChI is InChI=1S/C27H33FN6O6S/c1-5-34(6-2)26-29-16-23(30-17-41(38,39)21-9-7-8-19(28)15-21)24(32-26)31-22(25(35)36)14-18-10-12-20(13-11-18)40-27(37)33(3)4/h7-13,15-16,22,30H,5-6,14,17H2,1-4H3,(H,35,36)(H,29,31,32). The van der Waals surface area contributed by atoms with Crippen molar-refractivity contribution in [3.05, 3.63) is 66.1 Å². The normalized spacial score (nSPS) is 11.8. The first-order valence-electron chi connectivity index (χ1n) is 12.7. The Hall–Kier alpha value is -4.46. The molecule has 0 fully saturated rings. The van der Waals surface area contributed by atoms with Gasteiger partial charge in [0.25, 0.3) is 0 Å². The van der Waals surface area contributed by atoms with Crippen molar-refractivity contribution >= 4 is 39.4 Å². The van der Waals surface area contributed by atoms with Crippen molar-refractivity contribution in [3.8, 4) is 5.75 Å². The van der Waals surface area contributed by atoms with Gasteiger partial charge < -0.3 is 30.3 Å². The van der Waals surface area contributed by atoms with Crippen LogP contribution in [0.4, 0.5) is 26.6 Å². The number of anilines is 3. The van der Waals surface area contributed by atoms with Crippen molar-refractivity contribution in [2.75, 3.05) is 48.6 Å². The topological polar surface area (TPSA) is 154 Å². The lowest BCUT2D eigenvalue weighted by molar-refractivity contribution is -0.137. The van der Waals surface area contributed by atoms with E-state index in [0.29, 0.717) is 30.4 Å². The van der Waals surface area contributed by atoms with Gasteiger partial charge in [-0.2, -0.15) is 4.98 Å². The maximum Gasteiger partial charge on any atom is 0.414 e. The number of sulfone groups is 1. The van der Waals surface area contributed by atoms with Gasteiger partial charge in [-0.3, -0.25) is 0 Å². The second kappa shape index (κ2) is 13.7. The fraction of sp³-hybridized carbons (Fsp3) is 0.333. The molecule has 1 atom stereocenters. The van der Waals surface area contributed by atoms with E-state index >= 15 is 0 Å². The predicted molar refractivity (Wildman–Crippen MR) is 153 cm³/mol. The average molecular weight is 589 g/mol. The van der Waals surface area contributed by atoms with E-state index in [1.807, 2.05) is 18.7 Å². The number of aromatic nitrogens is 2. The number of aliphatic carboxylic acids is 1. The van der Waals surface area contributed by atoms with Crippen LogP contribution in [0.3, 0.4) is 0 Å². The summed E-state index contributed by atoms with van der Waals surface area (Å²) >= 11 is 0. The molecule has 1 aromatic heterocycles. The second-order valence-corrected chi connectivity index (χ2v) is 11.1. The van der Waals surface area contributed by atoms with Crippen molar-refractivity contribution in [2.24, 2.45) is 0 Å². The monoisotopic (exact) mass is 588 g/mol. The van der Waals surface area contributed by atoms with E-state index in [4.69, 9.17) is 4.74 Å². The maximum absolute atomic E-state index is 13.6. The smallest absolute Gasteiger partial charge is 0.414 e.